The number of amides is 1. The van der Waals surface area contributed by atoms with Crippen LogP contribution in [0.15, 0.2) is 22.6 Å². The summed E-state index contributed by atoms with van der Waals surface area (Å²) in [6.07, 6.45) is 2.68. The average Bonchev–Trinajstić information content (AvgIpc) is 3.24. The largest absolute Gasteiger partial charge is 0.273 e. The molecule has 1 aliphatic rings. The SMILES string of the molecule is CCC(=O)NOCc1c(N=S=O)cccc1C1CC1. The van der Waals surface area contributed by atoms with Gasteiger partial charge in [-0.05, 0) is 30.4 Å². The van der Waals surface area contributed by atoms with Crippen LogP contribution in [0.5, 0.6) is 0 Å². The van der Waals surface area contributed by atoms with Crippen molar-refractivity contribution in [2.24, 2.45) is 4.36 Å². The van der Waals surface area contributed by atoms with Crippen molar-refractivity contribution in [1.82, 2.24) is 5.48 Å². The summed E-state index contributed by atoms with van der Waals surface area (Å²) in [5, 5.41) is 0. The summed E-state index contributed by atoms with van der Waals surface area (Å²) in [6, 6.07) is 5.72. The van der Waals surface area contributed by atoms with Gasteiger partial charge in [-0.15, -0.1) is 0 Å². The standard InChI is InChI=1S/C13H16N2O3S/c1-2-13(16)14-18-8-11-10(9-6-7-9)4-3-5-12(11)15-19-17/h3-5,9H,2,6-8H2,1H3,(H,14,16). The topological polar surface area (TPSA) is 67.8 Å². The van der Waals surface area contributed by atoms with E-state index in [4.69, 9.17) is 4.84 Å². The Morgan fingerprint density at radius 2 is 2.32 bits per heavy atom. The van der Waals surface area contributed by atoms with Gasteiger partial charge in [0.2, 0.25) is 17.4 Å². The van der Waals surface area contributed by atoms with E-state index < -0.39 is 0 Å². The third-order valence-electron chi connectivity index (χ3n) is 3.06. The highest BCUT2D eigenvalue weighted by Gasteiger charge is 2.27. The van der Waals surface area contributed by atoms with Crippen LogP contribution in [0.2, 0.25) is 0 Å². The Balaban J connectivity index is 2.15. The van der Waals surface area contributed by atoms with E-state index in [1.807, 2.05) is 12.1 Å². The molecular formula is C13H16N2O3S. The zero-order valence-electron chi connectivity index (χ0n) is 10.7. The van der Waals surface area contributed by atoms with E-state index in [9.17, 15) is 9.00 Å². The normalized spacial score (nSPS) is 13.9. The summed E-state index contributed by atoms with van der Waals surface area (Å²) in [5.41, 5.74) is 5.07. The number of hydrogen-bond acceptors (Lipinski definition) is 4. The smallest absolute Gasteiger partial charge is 0.243 e. The van der Waals surface area contributed by atoms with Crippen LogP contribution in [0.25, 0.3) is 0 Å². The summed E-state index contributed by atoms with van der Waals surface area (Å²) < 4.78 is 14.5. The number of hydrogen-bond donors (Lipinski definition) is 1. The molecule has 1 amide bonds. The quantitative estimate of drug-likeness (QED) is 0.814. The first kappa shape index (κ1) is 13.9. The Morgan fingerprint density at radius 1 is 1.53 bits per heavy atom. The molecule has 0 saturated heterocycles. The van der Waals surface area contributed by atoms with Crippen LogP contribution in [0.3, 0.4) is 0 Å². The number of hydroxylamine groups is 1. The zero-order valence-corrected chi connectivity index (χ0v) is 11.5. The minimum Gasteiger partial charge on any atom is -0.273 e. The third kappa shape index (κ3) is 3.71. The van der Waals surface area contributed by atoms with E-state index in [0.29, 0.717) is 18.0 Å². The molecule has 0 bridgehead atoms. The van der Waals surface area contributed by atoms with Gasteiger partial charge in [0.05, 0.1) is 5.69 Å². The molecule has 6 heteroatoms. The van der Waals surface area contributed by atoms with Crippen LogP contribution in [0.4, 0.5) is 5.69 Å². The molecular weight excluding hydrogens is 264 g/mol. The molecule has 5 nitrogen and oxygen atoms in total. The van der Waals surface area contributed by atoms with E-state index in [1.54, 1.807) is 13.0 Å². The summed E-state index contributed by atoms with van der Waals surface area (Å²) in [6.45, 7) is 1.99. The van der Waals surface area contributed by atoms with Crippen molar-refractivity contribution >= 4 is 23.1 Å². The highest BCUT2D eigenvalue weighted by atomic mass is 32.1. The van der Waals surface area contributed by atoms with Gasteiger partial charge in [0.1, 0.15) is 6.61 Å². The number of carbonyl (C=O) groups excluding carboxylic acids is 1. The lowest BCUT2D eigenvalue weighted by Gasteiger charge is -2.11. The first-order chi connectivity index (χ1) is 9.26. The zero-order chi connectivity index (χ0) is 13.7. The van der Waals surface area contributed by atoms with Crippen LogP contribution in [0.1, 0.15) is 43.2 Å². The third-order valence-corrected chi connectivity index (χ3v) is 3.34. The van der Waals surface area contributed by atoms with Crippen molar-refractivity contribution in [2.45, 2.75) is 38.7 Å². The Morgan fingerprint density at radius 3 is 2.95 bits per heavy atom. The minimum atomic E-state index is -0.166. The Hall–Kier alpha value is -1.53. The summed E-state index contributed by atoms with van der Waals surface area (Å²) in [4.78, 5) is 16.3. The summed E-state index contributed by atoms with van der Waals surface area (Å²) >= 11 is 0.186. The molecule has 1 aromatic rings. The molecule has 0 heterocycles. The highest BCUT2D eigenvalue weighted by molar-refractivity contribution is 7.54. The maximum Gasteiger partial charge on any atom is 0.243 e. The Kier molecular flexibility index (Phi) is 4.81. The van der Waals surface area contributed by atoms with Gasteiger partial charge < -0.3 is 0 Å². The molecule has 0 radical (unpaired) electrons. The van der Waals surface area contributed by atoms with E-state index in [-0.39, 0.29) is 24.0 Å². The second-order valence-electron chi connectivity index (χ2n) is 4.45. The molecule has 1 aromatic carbocycles. The monoisotopic (exact) mass is 280 g/mol. The first-order valence-corrected chi connectivity index (χ1v) is 6.98. The van der Waals surface area contributed by atoms with Crippen LogP contribution in [0, 0.1) is 0 Å². The van der Waals surface area contributed by atoms with Crippen molar-refractivity contribution in [3.05, 3.63) is 29.3 Å². The van der Waals surface area contributed by atoms with E-state index in [2.05, 4.69) is 9.84 Å². The van der Waals surface area contributed by atoms with Crippen molar-refractivity contribution in [3.63, 3.8) is 0 Å². The fourth-order valence-electron chi connectivity index (χ4n) is 1.91. The van der Waals surface area contributed by atoms with Gasteiger partial charge in [-0.2, -0.15) is 8.57 Å². The Labute approximate surface area is 115 Å². The van der Waals surface area contributed by atoms with Gasteiger partial charge >= 0.3 is 0 Å². The van der Waals surface area contributed by atoms with Crippen molar-refractivity contribution in [1.29, 1.82) is 0 Å². The fourth-order valence-corrected chi connectivity index (χ4v) is 2.16. The number of rotatable bonds is 6. The van der Waals surface area contributed by atoms with Gasteiger partial charge in [0.25, 0.3) is 0 Å². The number of nitrogens with one attached hydrogen (secondary N) is 1. The predicted octanol–water partition coefficient (Wildman–Crippen LogP) is 2.55. The molecule has 0 unspecified atom stereocenters. The molecule has 2 rings (SSSR count). The molecule has 102 valence electrons. The molecule has 0 spiro atoms. The molecule has 0 aromatic heterocycles. The Bertz CT molecular complexity index is 523. The lowest BCUT2D eigenvalue weighted by atomic mass is 10.0. The number of benzene rings is 1. The van der Waals surface area contributed by atoms with Crippen molar-refractivity contribution in [3.8, 4) is 0 Å². The van der Waals surface area contributed by atoms with Crippen molar-refractivity contribution in [2.75, 3.05) is 0 Å². The summed E-state index contributed by atoms with van der Waals surface area (Å²) in [7, 11) is 0. The number of carbonyl (C=O) groups is 1. The van der Waals surface area contributed by atoms with Gasteiger partial charge in [-0.3, -0.25) is 9.63 Å². The maximum absolute atomic E-state index is 11.1. The maximum atomic E-state index is 11.1. The lowest BCUT2D eigenvalue weighted by molar-refractivity contribution is -0.134. The van der Waals surface area contributed by atoms with Crippen LogP contribution < -0.4 is 5.48 Å². The van der Waals surface area contributed by atoms with Crippen molar-refractivity contribution < 1.29 is 13.8 Å². The van der Waals surface area contributed by atoms with Crippen LogP contribution in [-0.4, -0.2) is 10.1 Å². The van der Waals surface area contributed by atoms with Gasteiger partial charge in [0.15, 0.2) is 0 Å². The number of nitrogens with zero attached hydrogens (tertiary/aromatic N) is 1. The highest BCUT2D eigenvalue weighted by Crippen LogP contribution is 2.43. The molecule has 1 saturated carbocycles. The molecule has 0 atom stereocenters. The van der Waals surface area contributed by atoms with E-state index in [0.717, 1.165) is 18.4 Å². The summed E-state index contributed by atoms with van der Waals surface area (Å²) in [5.74, 6) is 0.368. The average molecular weight is 280 g/mol. The van der Waals surface area contributed by atoms with Crippen LogP contribution >= 0.6 is 0 Å². The minimum absolute atomic E-state index is 0.166. The van der Waals surface area contributed by atoms with Gasteiger partial charge in [-0.1, -0.05) is 19.1 Å². The van der Waals surface area contributed by atoms with Crippen LogP contribution in [-0.2, 0) is 27.7 Å². The van der Waals surface area contributed by atoms with E-state index >= 15 is 0 Å². The molecule has 0 aliphatic heterocycles. The molecule has 1 N–H and O–H groups in total. The molecule has 1 aliphatic carbocycles. The first-order valence-electron chi connectivity index (χ1n) is 6.28. The molecule has 1 fully saturated rings. The lowest BCUT2D eigenvalue weighted by Crippen LogP contribution is -2.22. The second kappa shape index (κ2) is 6.58. The van der Waals surface area contributed by atoms with E-state index in [1.165, 1.54) is 5.56 Å². The predicted molar refractivity (Wildman–Crippen MR) is 71.9 cm³/mol. The fraction of sp³-hybridized carbons (Fsp3) is 0.462. The van der Waals surface area contributed by atoms with Gasteiger partial charge in [0, 0.05) is 12.0 Å². The van der Waals surface area contributed by atoms with Gasteiger partial charge in [-0.25, -0.2) is 5.48 Å². The molecule has 19 heavy (non-hydrogen) atoms. The second-order valence-corrected chi connectivity index (χ2v) is 4.78.